The van der Waals surface area contributed by atoms with Gasteiger partial charge in [0.05, 0.1) is 5.69 Å². The number of aryl methyl sites for hydroxylation is 4. The first-order valence-electron chi connectivity index (χ1n) is 7.19. The first kappa shape index (κ1) is 14.8. The van der Waals surface area contributed by atoms with E-state index >= 15 is 0 Å². The van der Waals surface area contributed by atoms with E-state index in [0.29, 0.717) is 6.04 Å². The summed E-state index contributed by atoms with van der Waals surface area (Å²) in [5.41, 5.74) is 7.70. The maximum Gasteiger partial charge on any atom is 0.0644 e. The van der Waals surface area contributed by atoms with Crippen molar-refractivity contribution in [3.8, 4) is 0 Å². The van der Waals surface area contributed by atoms with Crippen molar-refractivity contribution in [1.82, 2.24) is 15.1 Å². The van der Waals surface area contributed by atoms with Crippen LogP contribution in [0.2, 0.25) is 0 Å². The molecule has 3 heteroatoms. The Balaban J connectivity index is 2.10. The van der Waals surface area contributed by atoms with Crippen molar-refractivity contribution < 1.29 is 0 Å². The predicted molar refractivity (Wildman–Crippen MR) is 83.9 cm³/mol. The molecular formula is C17H25N3. The maximum atomic E-state index is 4.49. The summed E-state index contributed by atoms with van der Waals surface area (Å²) in [4.78, 5) is 0. The quantitative estimate of drug-likeness (QED) is 0.922. The average molecular weight is 271 g/mol. The van der Waals surface area contributed by atoms with E-state index in [2.05, 4.69) is 63.2 Å². The lowest BCUT2D eigenvalue weighted by Crippen LogP contribution is -2.19. The lowest BCUT2D eigenvalue weighted by atomic mass is 10.0. The molecule has 1 heterocycles. The molecule has 0 aliphatic carbocycles. The van der Waals surface area contributed by atoms with E-state index in [4.69, 9.17) is 0 Å². The van der Waals surface area contributed by atoms with Crippen LogP contribution in [0.15, 0.2) is 18.2 Å². The highest BCUT2D eigenvalue weighted by Gasteiger charge is 2.15. The zero-order chi connectivity index (χ0) is 14.9. The van der Waals surface area contributed by atoms with Gasteiger partial charge in [-0.05, 0) is 45.7 Å². The van der Waals surface area contributed by atoms with Crippen LogP contribution in [0.25, 0.3) is 0 Å². The molecule has 1 aromatic carbocycles. The maximum absolute atomic E-state index is 4.49. The van der Waals surface area contributed by atoms with Gasteiger partial charge in [0.1, 0.15) is 0 Å². The molecule has 1 aromatic heterocycles. The van der Waals surface area contributed by atoms with Crippen LogP contribution < -0.4 is 5.32 Å². The van der Waals surface area contributed by atoms with Gasteiger partial charge in [-0.3, -0.25) is 4.68 Å². The summed E-state index contributed by atoms with van der Waals surface area (Å²) >= 11 is 0. The van der Waals surface area contributed by atoms with E-state index in [1.807, 2.05) is 11.7 Å². The van der Waals surface area contributed by atoms with E-state index in [0.717, 1.165) is 12.2 Å². The van der Waals surface area contributed by atoms with Crippen LogP contribution in [0.3, 0.4) is 0 Å². The normalized spacial score (nSPS) is 12.7. The molecule has 0 fully saturated rings. The second kappa shape index (κ2) is 5.80. The number of aromatic nitrogens is 2. The molecule has 20 heavy (non-hydrogen) atoms. The highest BCUT2D eigenvalue weighted by Crippen LogP contribution is 2.21. The van der Waals surface area contributed by atoms with Crippen molar-refractivity contribution in [3.05, 3.63) is 51.8 Å². The van der Waals surface area contributed by atoms with Gasteiger partial charge in [-0.2, -0.15) is 5.10 Å². The first-order chi connectivity index (χ1) is 9.40. The predicted octanol–water partition coefficient (Wildman–Crippen LogP) is 3.50. The first-order valence-corrected chi connectivity index (χ1v) is 7.19. The molecule has 1 N–H and O–H groups in total. The minimum absolute atomic E-state index is 0.310. The molecule has 3 nitrogen and oxygen atoms in total. The minimum atomic E-state index is 0.310. The summed E-state index contributed by atoms with van der Waals surface area (Å²) in [7, 11) is 2.00. The molecule has 0 saturated carbocycles. The Morgan fingerprint density at radius 1 is 1.20 bits per heavy atom. The lowest BCUT2D eigenvalue weighted by molar-refractivity contribution is 0.567. The van der Waals surface area contributed by atoms with Gasteiger partial charge in [-0.15, -0.1) is 0 Å². The van der Waals surface area contributed by atoms with Gasteiger partial charge < -0.3 is 5.32 Å². The molecule has 0 unspecified atom stereocenters. The van der Waals surface area contributed by atoms with Crippen molar-refractivity contribution in [2.24, 2.45) is 7.05 Å². The summed E-state index contributed by atoms with van der Waals surface area (Å²) in [6.07, 6.45) is 0. The number of nitrogens with zero attached hydrogens (tertiary/aromatic N) is 2. The van der Waals surface area contributed by atoms with Crippen LogP contribution in [0.5, 0.6) is 0 Å². The SMILES string of the molecule is Cc1ccc(CN[C@@H](C)c2c(C)nn(C)c2C)c(C)c1. The van der Waals surface area contributed by atoms with Crippen LogP contribution in [0, 0.1) is 27.7 Å². The molecule has 0 radical (unpaired) electrons. The molecule has 0 bridgehead atoms. The van der Waals surface area contributed by atoms with Crippen LogP contribution in [-0.2, 0) is 13.6 Å². The fourth-order valence-electron chi connectivity index (χ4n) is 2.83. The molecule has 0 amide bonds. The molecule has 0 aliphatic heterocycles. The Morgan fingerprint density at radius 2 is 1.90 bits per heavy atom. The zero-order valence-corrected chi connectivity index (χ0v) is 13.4. The molecule has 1 atom stereocenters. The molecular weight excluding hydrogens is 246 g/mol. The highest BCUT2D eigenvalue weighted by molar-refractivity contribution is 5.31. The molecule has 2 rings (SSSR count). The highest BCUT2D eigenvalue weighted by atomic mass is 15.3. The fraction of sp³-hybridized carbons (Fsp3) is 0.471. The van der Waals surface area contributed by atoms with Gasteiger partial charge in [0.15, 0.2) is 0 Å². The third-order valence-electron chi connectivity index (χ3n) is 4.09. The Labute approximate surface area is 122 Å². The third-order valence-corrected chi connectivity index (χ3v) is 4.09. The smallest absolute Gasteiger partial charge is 0.0644 e. The van der Waals surface area contributed by atoms with E-state index in [1.165, 1.54) is 27.9 Å². The van der Waals surface area contributed by atoms with Crippen LogP contribution in [-0.4, -0.2) is 9.78 Å². The lowest BCUT2D eigenvalue weighted by Gasteiger charge is -2.16. The van der Waals surface area contributed by atoms with Crippen molar-refractivity contribution in [1.29, 1.82) is 0 Å². The largest absolute Gasteiger partial charge is 0.306 e. The standard InChI is InChI=1S/C17H25N3/c1-11-7-8-16(12(2)9-11)10-18-13(3)17-14(4)19-20(6)15(17)5/h7-9,13,18H,10H2,1-6H3/t13-/m0/s1. The summed E-state index contributed by atoms with van der Waals surface area (Å²) in [6.45, 7) is 11.6. The summed E-state index contributed by atoms with van der Waals surface area (Å²) in [5.74, 6) is 0. The van der Waals surface area contributed by atoms with Gasteiger partial charge in [0.2, 0.25) is 0 Å². The average Bonchev–Trinajstić information content (AvgIpc) is 2.62. The Bertz CT molecular complexity index is 611. The van der Waals surface area contributed by atoms with Gasteiger partial charge in [-0.25, -0.2) is 0 Å². The van der Waals surface area contributed by atoms with E-state index in [1.54, 1.807) is 0 Å². The van der Waals surface area contributed by atoms with Crippen molar-refractivity contribution in [2.45, 2.75) is 47.2 Å². The van der Waals surface area contributed by atoms with Gasteiger partial charge >= 0.3 is 0 Å². The third kappa shape index (κ3) is 2.93. The number of hydrogen-bond acceptors (Lipinski definition) is 2. The molecule has 108 valence electrons. The fourth-order valence-corrected chi connectivity index (χ4v) is 2.83. The van der Waals surface area contributed by atoms with E-state index in [9.17, 15) is 0 Å². The summed E-state index contributed by atoms with van der Waals surface area (Å²) < 4.78 is 1.96. The van der Waals surface area contributed by atoms with Crippen LogP contribution >= 0.6 is 0 Å². The van der Waals surface area contributed by atoms with Gasteiger partial charge in [-0.1, -0.05) is 23.8 Å². The monoisotopic (exact) mass is 271 g/mol. The van der Waals surface area contributed by atoms with E-state index < -0.39 is 0 Å². The van der Waals surface area contributed by atoms with Crippen molar-refractivity contribution in [3.63, 3.8) is 0 Å². The Hall–Kier alpha value is -1.61. The number of nitrogens with one attached hydrogen (secondary N) is 1. The second-order valence-corrected chi connectivity index (χ2v) is 5.74. The van der Waals surface area contributed by atoms with Crippen molar-refractivity contribution >= 4 is 0 Å². The van der Waals surface area contributed by atoms with Crippen LogP contribution in [0.4, 0.5) is 0 Å². The topological polar surface area (TPSA) is 29.9 Å². The van der Waals surface area contributed by atoms with Crippen LogP contribution in [0.1, 0.15) is 46.6 Å². The molecule has 0 saturated heterocycles. The Kier molecular flexibility index (Phi) is 4.29. The summed E-state index contributed by atoms with van der Waals surface area (Å²) in [6, 6.07) is 6.94. The van der Waals surface area contributed by atoms with Gasteiger partial charge in [0.25, 0.3) is 0 Å². The molecule has 2 aromatic rings. The Morgan fingerprint density at radius 3 is 2.45 bits per heavy atom. The number of rotatable bonds is 4. The van der Waals surface area contributed by atoms with E-state index in [-0.39, 0.29) is 0 Å². The second-order valence-electron chi connectivity index (χ2n) is 5.74. The zero-order valence-electron chi connectivity index (χ0n) is 13.4. The van der Waals surface area contributed by atoms with Crippen molar-refractivity contribution in [2.75, 3.05) is 0 Å². The number of hydrogen-bond donors (Lipinski definition) is 1. The van der Waals surface area contributed by atoms with Gasteiger partial charge in [0, 0.05) is 30.9 Å². The minimum Gasteiger partial charge on any atom is -0.306 e. The summed E-state index contributed by atoms with van der Waals surface area (Å²) in [5, 5.41) is 8.11. The number of benzene rings is 1. The molecule has 0 aliphatic rings. The molecule has 0 spiro atoms.